The zero-order valence-corrected chi connectivity index (χ0v) is 11.5. The van der Waals surface area contributed by atoms with E-state index < -0.39 is 0 Å². The van der Waals surface area contributed by atoms with Crippen LogP contribution < -0.4 is 20.3 Å². The molecule has 20 heavy (non-hydrogen) atoms. The smallest absolute Gasteiger partial charge is 0.262 e. The van der Waals surface area contributed by atoms with E-state index in [1.165, 1.54) is 0 Å². The fourth-order valence-electron chi connectivity index (χ4n) is 2.68. The van der Waals surface area contributed by atoms with Crippen LogP contribution in [0.25, 0.3) is 0 Å². The van der Waals surface area contributed by atoms with Gasteiger partial charge in [-0.25, -0.2) is 0 Å². The van der Waals surface area contributed by atoms with Gasteiger partial charge < -0.3 is 20.3 Å². The van der Waals surface area contributed by atoms with Gasteiger partial charge in [0.2, 0.25) is 0 Å². The summed E-state index contributed by atoms with van der Waals surface area (Å²) in [7, 11) is 0. The Bertz CT molecular complexity index is 571. The number of nitrogens with one attached hydrogen (secondary N) is 3. The molecule has 0 aliphatic carbocycles. The third-order valence-electron chi connectivity index (χ3n) is 3.55. The normalized spacial score (nSPS) is 17.4. The molecule has 0 bridgehead atoms. The molecule has 1 saturated heterocycles. The van der Waals surface area contributed by atoms with Crippen molar-refractivity contribution in [3.63, 3.8) is 0 Å². The van der Waals surface area contributed by atoms with Crippen LogP contribution in [0.4, 0.5) is 11.4 Å². The summed E-state index contributed by atoms with van der Waals surface area (Å²) in [5, 5.41) is 13.8. The van der Waals surface area contributed by atoms with E-state index in [4.69, 9.17) is 10.1 Å². The summed E-state index contributed by atoms with van der Waals surface area (Å²) in [6.07, 6.45) is 1.84. The molecular formula is C14H18N4O2. The Morgan fingerprint density at radius 1 is 1.45 bits per heavy atom. The molecule has 1 fully saturated rings. The summed E-state index contributed by atoms with van der Waals surface area (Å²) in [6, 6.07) is 3.81. The molecule has 1 aromatic carbocycles. The quantitative estimate of drug-likeness (QED) is 0.776. The maximum Gasteiger partial charge on any atom is 0.262 e. The molecule has 1 amide bonds. The molecule has 2 heterocycles. The van der Waals surface area contributed by atoms with Gasteiger partial charge in [0, 0.05) is 18.7 Å². The first-order valence-electron chi connectivity index (χ1n) is 6.89. The second-order valence-electron chi connectivity index (χ2n) is 4.95. The fourth-order valence-corrected chi connectivity index (χ4v) is 2.68. The Morgan fingerprint density at radius 2 is 2.30 bits per heavy atom. The highest BCUT2D eigenvalue weighted by molar-refractivity contribution is 6.00. The van der Waals surface area contributed by atoms with Crippen LogP contribution in [-0.2, 0) is 11.2 Å². The number of nitrogens with zero attached hydrogens (tertiary/aromatic N) is 1. The Labute approximate surface area is 117 Å². The van der Waals surface area contributed by atoms with E-state index in [9.17, 15) is 4.79 Å². The molecule has 2 aliphatic rings. The van der Waals surface area contributed by atoms with Gasteiger partial charge in [0.25, 0.3) is 5.91 Å². The van der Waals surface area contributed by atoms with E-state index in [2.05, 4.69) is 17.6 Å². The predicted octanol–water partition coefficient (Wildman–Crippen LogP) is 1.31. The number of guanidine groups is 1. The standard InChI is InChI=1S/C14H18N4O2/c1-2-3-9-11(18-7-6-16-14(18)15)5-4-10-13(9)20-8-12(19)17-10/h4-5H,2-3,6-8H2,1H3,(H2,15,16)(H,17,19). The van der Waals surface area contributed by atoms with E-state index in [0.717, 1.165) is 48.6 Å². The van der Waals surface area contributed by atoms with Crippen molar-refractivity contribution in [3.05, 3.63) is 17.7 Å². The molecule has 6 nitrogen and oxygen atoms in total. The number of ether oxygens (including phenoxy) is 1. The van der Waals surface area contributed by atoms with E-state index in [1.54, 1.807) is 0 Å². The number of hydrogen-bond acceptors (Lipinski definition) is 3. The highest BCUT2D eigenvalue weighted by atomic mass is 16.5. The average Bonchev–Trinajstić information content (AvgIpc) is 2.85. The van der Waals surface area contributed by atoms with Crippen LogP contribution in [0, 0.1) is 5.41 Å². The predicted molar refractivity (Wildman–Crippen MR) is 77.6 cm³/mol. The van der Waals surface area contributed by atoms with Crippen LogP contribution in [0.2, 0.25) is 0 Å². The maximum absolute atomic E-state index is 11.4. The number of fused-ring (bicyclic) bond motifs is 1. The summed E-state index contributed by atoms with van der Waals surface area (Å²) in [6.45, 7) is 3.72. The van der Waals surface area contributed by atoms with Crippen LogP contribution in [0.5, 0.6) is 5.75 Å². The van der Waals surface area contributed by atoms with Gasteiger partial charge in [0.1, 0.15) is 5.75 Å². The lowest BCUT2D eigenvalue weighted by molar-refractivity contribution is -0.118. The molecule has 0 atom stereocenters. The highest BCUT2D eigenvalue weighted by Gasteiger charge is 2.26. The zero-order valence-electron chi connectivity index (χ0n) is 11.5. The Hall–Kier alpha value is -2.24. The molecule has 3 rings (SSSR count). The van der Waals surface area contributed by atoms with Crippen molar-refractivity contribution < 1.29 is 9.53 Å². The SMILES string of the molecule is CCCc1c(N2CCNC2=N)ccc2c1OCC(=O)N2. The van der Waals surface area contributed by atoms with Crippen LogP contribution in [0.1, 0.15) is 18.9 Å². The van der Waals surface area contributed by atoms with Gasteiger partial charge in [-0.2, -0.15) is 0 Å². The van der Waals surface area contributed by atoms with E-state index in [-0.39, 0.29) is 12.5 Å². The largest absolute Gasteiger partial charge is 0.481 e. The minimum absolute atomic E-state index is 0.0584. The van der Waals surface area contributed by atoms with Gasteiger partial charge in [-0.3, -0.25) is 10.2 Å². The molecule has 2 aliphatic heterocycles. The first-order valence-corrected chi connectivity index (χ1v) is 6.89. The molecule has 6 heteroatoms. The second-order valence-corrected chi connectivity index (χ2v) is 4.95. The molecule has 0 unspecified atom stereocenters. The number of benzene rings is 1. The topological polar surface area (TPSA) is 77.5 Å². The third-order valence-corrected chi connectivity index (χ3v) is 3.55. The molecule has 0 aromatic heterocycles. The lowest BCUT2D eigenvalue weighted by atomic mass is 10.0. The van der Waals surface area contributed by atoms with Crippen molar-refractivity contribution in [1.82, 2.24) is 5.32 Å². The van der Waals surface area contributed by atoms with Gasteiger partial charge >= 0.3 is 0 Å². The number of hydrogen-bond donors (Lipinski definition) is 3. The number of carbonyl (C=O) groups excluding carboxylic acids is 1. The van der Waals surface area contributed by atoms with Gasteiger partial charge in [0.15, 0.2) is 12.6 Å². The van der Waals surface area contributed by atoms with Crippen LogP contribution in [0.15, 0.2) is 12.1 Å². The zero-order chi connectivity index (χ0) is 14.1. The Morgan fingerprint density at radius 3 is 3.00 bits per heavy atom. The first kappa shape index (κ1) is 12.8. The van der Waals surface area contributed by atoms with Gasteiger partial charge in [-0.05, 0) is 18.6 Å². The molecule has 0 radical (unpaired) electrons. The Kier molecular flexibility index (Phi) is 3.22. The lowest BCUT2D eigenvalue weighted by Crippen LogP contribution is -2.31. The fraction of sp³-hybridized carbons (Fsp3) is 0.429. The van der Waals surface area contributed by atoms with E-state index >= 15 is 0 Å². The summed E-state index contributed by atoms with van der Waals surface area (Å²) >= 11 is 0. The van der Waals surface area contributed by atoms with Crippen molar-refractivity contribution in [2.75, 3.05) is 29.9 Å². The number of carbonyl (C=O) groups is 1. The summed E-state index contributed by atoms with van der Waals surface area (Å²) in [5.74, 6) is 1.05. The average molecular weight is 274 g/mol. The first-order chi connectivity index (χ1) is 9.70. The van der Waals surface area contributed by atoms with Crippen LogP contribution >= 0.6 is 0 Å². The highest BCUT2D eigenvalue weighted by Crippen LogP contribution is 2.39. The molecule has 0 spiro atoms. The van der Waals surface area contributed by atoms with Crippen molar-refractivity contribution in [3.8, 4) is 5.75 Å². The molecule has 0 saturated carbocycles. The number of anilines is 2. The van der Waals surface area contributed by atoms with E-state index in [0.29, 0.717) is 5.96 Å². The number of rotatable bonds is 3. The van der Waals surface area contributed by atoms with Gasteiger partial charge in [-0.15, -0.1) is 0 Å². The number of amides is 1. The monoisotopic (exact) mass is 274 g/mol. The van der Waals surface area contributed by atoms with Crippen molar-refractivity contribution in [2.45, 2.75) is 19.8 Å². The van der Waals surface area contributed by atoms with Crippen LogP contribution in [-0.4, -0.2) is 31.6 Å². The van der Waals surface area contributed by atoms with Crippen molar-refractivity contribution in [2.24, 2.45) is 0 Å². The van der Waals surface area contributed by atoms with Crippen LogP contribution in [0.3, 0.4) is 0 Å². The van der Waals surface area contributed by atoms with Crippen molar-refractivity contribution in [1.29, 1.82) is 5.41 Å². The Balaban J connectivity index is 2.06. The second kappa shape index (κ2) is 5.03. The maximum atomic E-state index is 11.4. The van der Waals surface area contributed by atoms with Gasteiger partial charge in [-0.1, -0.05) is 13.3 Å². The summed E-state index contributed by atoms with van der Waals surface area (Å²) in [4.78, 5) is 13.3. The third kappa shape index (κ3) is 2.07. The molecular weight excluding hydrogens is 256 g/mol. The minimum Gasteiger partial charge on any atom is -0.481 e. The minimum atomic E-state index is -0.122. The molecule has 106 valence electrons. The van der Waals surface area contributed by atoms with E-state index in [1.807, 2.05) is 17.0 Å². The lowest BCUT2D eigenvalue weighted by Gasteiger charge is -2.26. The van der Waals surface area contributed by atoms with Gasteiger partial charge in [0.05, 0.1) is 11.4 Å². The molecule has 3 N–H and O–H groups in total. The molecule has 1 aromatic rings. The summed E-state index contributed by atoms with van der Waals surface area (Å²) in [5.41, 5.74) is 2.79. The summed E-state index contributed by atoms with van der Waals surface area (Å²) < 4.78 is 5.63. The van der Waals surface area contributed by atoms with Crippen molar-refractivity contribution >= 4 is 23.2 Å².